The van der Waals surface area contributed by atoms with Crippen molar-refractivity contribution in [2.45, 2.75) is 44.8 Å². The van der Waals surface area contributed by atoms with Gasteiger partial charge in [-0.05, 0) is 44.0 Å². The van der Waals surface area contributed by atoms with E-state index in [0.717, 1.165) is 0 Å². The lowest BCUT2D eigenvalue weighted by atomic mass is 10.1. The number of aliphatic hydroxyl groups is 1. The molecule has 1 aliphatic rings. The summed E-state index contributed by atoms with van der Waals surface area (Å²) in [6.45, 7) is 2.36. The largest absolute Gasteiger partial charge is 0.491 e. The molecule has 1 aromatic rings. The molecule has 1 aliphatic carbocycles. The second kappa shape index (κ2) is 7.41. The fourth-order valence-electron chi connectivity index (χ4n) is 2.47. The minimum absolute atomic E-state index is 0.0392. The summed E-state index contributed by atoms with van der Waals surface area (Å²) in [4.78, 5) is 11.1. The molecule has 1 fully saturated rings. The maximum absolute atomic E-state index is 11.1. The second-order valence-electron chi connectivity index (χ2n) is 5.44. The number of rotatable bonds is 7. The van der Waals surface area contributed by atoms with E-state index in [1.54, 1.807) is 24.3 Å². The Morgan fingerprint density at radius 2 is 2.00 bits per heavy atom. The summed E-state index contributed by atoms with van der Waals surface area (Å²) in [5.41, 5.74) is 0.667. The molecule has 0 spiro atoms. The number of Topliss-reactive ketones (excluding diaryl/α,β-unsaturated/α-hetero) is 1. The maximum atomic E-state index is 11.1. The number of carbonyl (C=O) groups excluding carboxylic acids is 1. The third-order valence-corrected chi connectivity index (χ3v) is 3.70. The lowest BCUT2D eigenvalue weighted by molar-refractivity contribution is 0.101. The summed E-state index contributed by atoms with van der Waals surface area (Å²) < 4.78 is 5.52. The van der Waals surface area contributed by atoms with Crippen LogP contribution in [0.1, 0.15) is 43.0 Å². The van der Waals surface area contributed by atoms with Gasteiger partial charge in [0.25, 0.3) is 0 Å². The molecule has 1 atom stereocenters. The predicted octanol–water partition coefficient (Wildman–Crippen LogP) is 2.16. The standard InChI is InChI=1S/C16H23NO3/c1-12(18)13-6-8-16(9-7-13)20-11-15(19)10-17-14-4-2-3-5-14/h6-9,14-15,17,19H,2-5,10-11H2,1H3/t15-/m0/s1. The minimum atomic E-state index is -0.511. The fourth-order valence-corrected chi connectivity index (χ4v) is 2.47. The quantitative estimate of drug-likeness (QED) is 0.750. The van der Waals surface area contributed by atoms with Crippen molar-refractivity contribution in [3.63, 3.8) is 0 Å². The van der Waals surface area contributed by atoms with Crippen LogP contribution < -0.4 is 10.1 Å². The molecule has 0 amide bonds. The van der Waals surface area contributed by atoms with Gasteiger partial charge in [0.15, 0.2) is 5.78 Å². The third-order valence-electron chi connectivity index (χ3n) is 3.70. The van der Waals surface area contributed by atoms with Gasteiger partial charge in [-0.15, -0.1) is 0 Å². The number of ether oxygens (including phenoxy) is 1. The molecule has 1 saturated carbocycles. The Morgan fingerprint density at radius 3 is 2.60 bits per heavy atom. The van der Waals surface area contributed by atoms with Gasteiger partial charge in [-0.2, -0.15) is 0 Å². The molecule has 2 N–H and O–H groups in total. The number of hydrogen-bond acceptors (Lipinski definition) is 4. The predicted molar refractivity (Wildman–Crippen MR) is 78.2 cm³/mol. The topological polar surface area (TPSA) is 58.6 Å². The first-order chi connectivity index (χ1) is 9.65. The van der Waals surface area contributed by atoms with Crippen LogP contribution in [0.3, 0.4) is 0 Å². The molecule has 2 rings (SSSR count). The number of nitrogens with one attached hydrogen (secondary N) is 1. The Morgan fingerprint density at radius 1 is 1.35 bits per heavy atom. The molecule has 4 nitrogen and oxygen atoms in total. The van der Waals surface area contributed by atoms with Gasteiger partial charge in [0, 0.05) is 18.2 Å². The number of carbonyl (C=O) groups is 1. The Labute approximate surface area is 120 Å². The van der Waals surface area contributed by atoms with E-state index in [4.69, 9.17) is 4.74 Å². The summed E-state index contributed by atoms with van der Waals surface area (Å²) >= 11 is 0. The van der Waals surface area contributed by atoms with E-state index in [9.17, 15) is 9.90 Å². The van der Waals surface area contributed by atoms with E-state index in [1.807, 2.05) is 0 Å². The van der Waals surface area contributed by atoms with Crippen molar-refractivity contribution < 1.29 is 14.6 Å². The zero-order valence-corrected chi connectivity index (χ0v) is 12.0. The smallest absolute Gasteiger partial charge is 0.159 e. The monoisotopic (exact) mass is 277 g/mol. The number of benzene rings is 1. The zero-order valence-electron chi connectivity index (χ0n) is 12.0. The highest BCUT2D eigenvalue weighted by atomic mass is 16.5. The summed E-state index contributed by atoms with van der Waals surface area (Å²) in [6.07, 6.45) is 4.47. The van der Waals surface area contributed by atoms with Gasteiger partial charge < -0.3 is 15.2 Å². The van der Waals surface area contributed by atoms with E-state index in [1.165, 1.54) is 32.6 Å². The van der Waals surface area contributed by atoms with Crippen LogP contribution in [-0.4, -0.2) is 36.2 Å². The first-order valence-corrected chi connectivity index (χ1v) is 7.30. The van der Waals surface area contributed by atoms with E-state index >= 15 is 0 Å². The van der Waals surface area contributed by atoms with Crippen LogP contribution in [0.5, 0.6) is 5.75 Å². The number of hydrogen-bond donors (Lipinski definition) is 2. The first-order valence-electron chi connectivity index (χ1n) is 7.30. The van der Waals surface area contributed by atoms with Crippen molar-refractivity contribution in [1.82, 2.24) is 5.32 Å². The van der Waals surface area contributed by atoms with Gasteiger partial charge in [0.1, 0.15) is 18.5 Å². The van der Waals surface area contributed by atoms with Crippen LogP contribution in [-0.2, 0) is 0 Å². The molecule has 0 bridgehead atoms. The van der Waals surface area contributed by atoms with Crippen LogP contribution in [0.15, 0.2) is 24.3 Å². The van der Waals surface area contributed by atoms with Crippen molar-refractivity contribution in [2.24, 2.45) is 0 Å². The van der Waals surface area contributed by atoms with Crippen molar-refractivity contribution in [3.05, 3.63) is 29.8 Å². The highest BCUT2D eigenvalue weighted by Crippen LogP contribution is 2.17. The maximum Gasteiger partial charge on any atom is 0.159 e. The SMILES string of the molecule is CC(=O)c1ccc(OC[C@@H](O)CNC2CCCC2)cc1. The molecule has 1 aromatic carbocycles. The first kappa shape index (κ1) is 15.0. The molecule has 0 saturated heterocycles. The summed E-state index contributed by atoms with van der Waals surface area (Å²) in [7, 11) is 0. The molecular formula is C16H23NO3. The average molecular weight is 277 g/mol. The normalized spacial score (nSPS) is 17.1. The zero-order chi connectivity index (χ0) is 14.4. The van der Waals surface area contributed by atoms with Crippen LogP contribution in [0.2, 0.25) is 0 Å². The van der Waals surface area contributed by atoms with Gasteiger partial charge in [0.05, 0.1) is 0 Å². The summed E-state index contributed by atoms with van der Waals surface area (Å²) in [6, 6.07) is 7.54. The van der Waals surface area contributed by atoms with Crippen LogP contribution >= 0.6 is 0 Å². The van der Waals surface area contributed by atoms with E-state index in [2.05, 4.69) is 5.32 Å². The fraction of sp³-hybridized carbons (Fsp3) is 0.562. The average Bonchev–Trinajstić information content (AvgIpc) is 2.96. The lowest BCUT2D eigenvalue weighted by Crippen LogP contribution is -2.36. The molecule has 0 aromatic heterocycles. The molecule has 20 heavy (non-hydrogen) atoms. The van der Waals surface area contributed by atoms with Gasteiger partial charge in [-0.25, -0.2) is 0 Å². The minimum Gasteiger partial charge on any atom is -0.491 e. The molecule has 0 heterocycles. The second-order valence-corrected chi connectivity index (χ2v) is 5.44. The van der Waals surface area contributed by atoms with E-state index in [0.29, 0.717) is 23.9 Å². The highest BCUT2D eigenvalue weighted by molar-refractivity contribution is 5.94. The Bertz CT molecular complexity index is 424. The molecular weight excluding hydrogens is 254 g/mol. The molecule has 0 unspecified atom stereocenters. The molecule has 110 valence electrons. The highest BCUT2D eigenvalue weighted by Gasteiger charge is 2.15. The van der Waals surface area contributed by atoms with E-state index in [-0.39, 0.29) is 12.4 Å². The summed E-state index contributed by atoms with van der Waals surface area (Å²) in [5.74, 6) is 0.715. The molecule has 0 radical (unpaired) electrons. The van der Waals surface area contributed by atoms with Gasteiger partial charge in [-0.3, -0.25) is 4.79 Å². The Hall–Kier alpha value is -1.39. The van der Waals surface area contributed by atoms with Crippen LogP contribution in [0.4, 0.5) is 0 Å². The molecule has 0 aliphatic heterocycles. The van der Waals surface area contributed by atoms with Crippen molar-refractivity contribution in [3.8, 4) is 5.75 Å². The van der Waals surface area contributed by atoms with Crippen molar-refractivity contribution in [1.29, 1.82) is 0 Å². The summed E-state index contributed by atoms with van der Waals surface area (Å²) in [5, 5.41) is 13.2. The number of aliphatic hydroxyl groups excluding tert-OH is 1. The van der Waals surface area contributed by atoms with Crippen molar-refractivity contribution >= 4 is 5.78 Å². The Balaban J connectivity index is 1.69. The van der Waals surface area contributed by atoms with Crippen LogP contribution in [0, 0.1) is 0 Å². The molecule has 4 heteroatoms. The number of ketones is 1. The third kappa shape index (κ3) is 4.62. The lowest BCUT2D eigenvalue weighted by Gasteiger charge is -2.16. The van der Waals surface area contributed by atoms with E-state index < -0.39 is 6.10 Å². The van der Waals surface area contributed by atoms with Crippen molar-refractivity contribution in [2.75, 3.05) is 13.2 Å². The van der Waals surface area contributed by atoms with Gasteiger partial charge >= 0.3 is 0 Å². The van der Waals surface area contributed by atoms with Crippen LogP contribution in [0.25, 0.3) is 0 Å². The Kier molecular flexibility index (Phi) is 5.56. The van der Waals surface area contributed by atoms with Gasteiger partial charge in [0.2, 0.25) is 0 Å². The van der Waals surface area contributed by atoms with Gasteiger partial charge in [-0.1, -0.05) is 12.8 Å².